The first-order chi connectivity index (χ1) is 15.7. The highest BCUT2D eigenvalue weighted by molar-refractivity contribution is 7.99. The van der Waals surface area contributed by atoms with Crippen molar-refractivity contribution in [3.8, 4) is 5.69 Å². The summed E-state index contributed by atoms with van der Waals surface area (Å²) < 4.78 is 1.65. The number of hydrogen-bond acceptors (Lipinski definition) is 5. The molecule has 2 aromatic heterocycles. The number of thioether (sulfide) groups is 1. The minimum atomic E-state index is -0.0686. The summed E-state index contributed by atoms with van der Waals surface area (Å²) in [6.07, 6.45) is 2.67. The molecule has 0 unspecified atom stereocenters. The summed E-state index contributed by atoms with van der Waals surface area (Å²) in [7, 11) is 0. The van der Waals surface area contributed by atoms with Gasteiger partial charge in [0.25, 0.3) is 0 Å². The van der Waals surface area contributed by atoms with Crippen molar-refractivity contribution in [1.29, 1.82) is 0 Å². The lowest BCUT2D eigenvalue weighted by atomic mass is 10.1. The van der Waals surface area contributed by atoms with Crippen molar-refractivity contribution >= 4 is 50.9 Å². The van der Waals surface area contributed by atoms with Crippen molar-refractivity contribution in [2.75, 3.05) is 12.3 Å². The first kappa shape index (κ1) is 20.5. The van der Waals surface area contributed by atoms with Gasteiger partial charge in [0, 0.05) is 28.7 Å². The number of carbonyl (C=O) groups is 1. The lowest BCUT2D eigenvalue weighted by molar-refractivity contribution is -0.118. The van der Waals surface area contributed by atoms with Crippen LogP contribution in [0.25, 0.3) is 27.4 Å². The number of nitrogens with one attached hydrogen (secondary N) is 2. The second kappa shape index (κ2) is 9.02. The van der Waals surface area contributed by atoms with E-state index in [4.69, 9.17) is 11.6 Å². The van der Waals surface area contributed by atoms with E-state index in [1.807, 2.05) is 60.8 Å². The number of fused-ring (bicyclic) bond motifs is 2. The molecule has 7 nitrogen and oxygen atoms in total. The van der Waals surface area contributed by atoms with Crippen LogP contribution in [0.3, 0.4) is 0 Å². The van der Waals surface area contributed by atoms with E-state index in [1.54, 1.807) is 4.68 Å². The van der Waals surface area contributed by atoms with Crippen LogP contribution in [-0.4, -0.2) is 43.4 Å². The van der Waals surface area contributed by atoms with Crippen LogP contribution in [0.2, 0.25) is 5.02 Å². The Balaban J connectivity index is 1.18. The number of amides is 1. The minimum Gasteiger partial charge on any atom is -0.361 e. The summed E-state index contributed by atoms with van der Waals surface area (Å²) in [5.41, 5.74) is 3.01. The van der Waals surface area contributed by atoms with Crippen LogP contribution in [0.1, 0.15) is 5.56 Å². The number of tetrazole rings is 1. The Morgan fingerprint density at radius 1 is 1.09 bits per heavy atom. The fourth-order valence-electron chi connectivity index (χ4n) is 3.61. The summed E-state index contributed by atoms with van der Waals surface area (Å²) in [6.45, 7) is 0.536. The van der Waals surface area contributed by atoms with Crippen LogP contribution < -0.4 is 5.32 Å². The zero-order chi connectivity index (χ0) is 21.9. The normalized spacial score (nSPS) is 11.3. The number of benzene rings is 3. The van der Waals surface area contributed by atoms with Crippen molar-refractivity contribution in [3.05, 3.63) is 77.4 Å². The second-order valence-electron chi connectivity index (χ2n) is 7.30. The lowest BCUT2D eigenvalue weighted by Crippen LogP contribution is -2.27. The number of H-pyrrole nitrogens is 1. The number of aromatic nitrogens is 5. The van der Waals surface area contributed by atoms with Crippen LogP contribution in [0.15, 0.2) is 72.0 Å². The molecule has 1 amide bonds. The van der Waals surface area contributed by atoms with Gasteiger partial charge in [0.1, 0.15) is 0 Å². The molecule has 0 fully saturated rings. The van der Waals surface area contributed by atoms with E-state index in [1.165, 1.54) is 11.8 Å². The molecule has 2 heterocycles. The van der Waals surface area contributed by atoms with E-state index in [2.05, 4.69) is 31.9 Å². The van der Waals surface area contributed by atoms with Crippen LogP contribution >= 0.6 is 23.4 Å². The van der Waals surface area contributed by atoms with Crippen LogP contribution in [-0.2, 0) is 11.2 Å². The van der Waals surface area contributed by atoms with Crippen molar-refractivity contribution < 1.29 is 4.79 Å². The van der Waals surface area contributed by atoms with E-state index in [9.17, 15) is 4.79 Å². The summed E-state index contributed by atoms with van der Waals surface area (Å²) in [6, 6.07) is 19.9. The zero-order valence-electron chi connectivity index (χ0n) is 17.0. The predicted molar refractivity (Wildman–Crippen MR) is 127 cm³/mol. The van der Waals surface area contributed by atoms with Crippen molar-refractivity contribution in [2.24, 2.45) is 0 Å². The average molecular weight is 463 g/mol. The second-order valence-corrected chi connectivity index (χ2v) is 8.68. The smallest absolute Gasteiger partial charge is 0.230 e. The largest absolute Gasteiger partial charge is 0.361 e. The summed E-state index contributed by atoms with van der Waals surface area (Å²) in [5.74, 6) is 0.161. The molecule has 0 atom stereocenters. The van der Waals surface area contributed by atoms with Gasteiger partial charge in [-0.05, 0) is 63.5 Å². The zero-order valence-corrected chi connectivity index (χ0v) is 18.5. The number of halogens is 1. The van der Waals surface area contributed by atoms with Crippen molar-refractivity contribution in [1.82, 2.24) is 30.5 Å². The maximum absolute atomic E-state index is 12.4. The molecule has 0 bridgehead atoms. The van der Waals surface area contributed by atoms with Gasteiger partial charge in [-0.15, -0.1) is 5.10 Å². The third-order valence-corrected chi connectivity index (χ3v) is 6.35. The van der Waals surface area contributed by atoms with Crippen LogP contribution in [0.5, 0.6) is 0 Å². The molecule has 2 N–H and O–H groups in total. The Bertz CT molecular complexity index is 1410. The fraction of sp³-hybridized carbons (Fsp3) is 0.130. The highest BCUT2D eigenvalue weighted by Crippen LogP contribution is 2.23. The van der Waals surface area contributed by atoms with Gasteiger partial charge in [-0.2, -0.15) is 4.68 Å². The highest BCUT2D eigenvalue weighted by atomic mass is 35.5. The molecular weight excluding hydrogens is 444 g/mol. The van der Waals surface area contributed by atoms with Gasteiger partial charge in [-0.25, -0.2) is 0 Å². The van der Waals surface area contributed by atoms with Gasteiger partial charge in [-0.1, -0.05) is 53.7 Å². The molecule has 0 saturated heterocycles. The lowest BCUT2D eigenvalue weighted by Gasteiger charge is -2.07. The Labute approximate surface area is 193 Å². The Kier molecular flexibility index (Phi) is 5.79. The highest BCUT2D eigenvalue weighted by Gasteiger charge is 2.12. The van der Waals surface area contributed by atoms with Gasteiger partial charge < -0.3 is 10.3 Å². The van der Waals surface area contributed by atoms with Crippen molar-refractivity contribution in [3.63, 3.8) is 0 Å². The Hall–Kier alpha value is -3.36. The van der Waals surface area contributed by atoms with Crippen LogP contribution in [0.4, 0.5) is 0 Å². The van der Waals surface area contributed by atoms with Crippen LogP contribution in [0, 0.1) is 0 Å². The van der Waals surface area contributed by atoms with Gasteiger partial charge in [0.05, 0.1) is 11.4 Å². The fourth-order valence-corrected chi connectivity index (χ4v) is 4.51. The Morgan fingerprint density at radius 3 is 2.88 bits per heavy atom. The quantitative estimate of drug-likeness (QED) is 0.350. The van der Waals surface area contributed by atoms with Gasteiger partial charge in [0.15, 0.2) is 0 Å². The molecule has 160 valence electrons. The summed E-state index contributed by atoms with van der Waals surface area (Å²) in [4.78, 5) is 15.6. The molecule has 0 saturated carbocycles. The SMILES string of the molecule is O=C(CSc1nnnn1-c1ccc2ccccc2c1)NCCc1c[nH]c2ccc(Cl)cc12. The van der Waals surface area contributed by atoms with Gasteiger partial charge in [0.2, 0.25) is 11.1 Å². The standard InChI is InChI=1S/C23H19ClN6OS/c24-18-6-8-21-20(12-18)17(13-26-21)9-10-25-22(31)14-32-23-27-28-29-30(23)19-7-5-15-3-1-2-4-16(15)11-19/h1-8,11-13,26H,9-10,14H2,(H,25,31). The number of carbonyl (C=O) groups excluding carboxylic acids is 1. The van der Waals surface area contributed by atoms with E-state index in [-0.39, 0.29) is 11.7 Å². The molecule has 0 radical (unpaired) electrons. The molecular formula is C23H19ClN6OS. The maximum Gasteiger partial charge on any atom is 0.230 e. The summed E-state index contributed by atoms with van der Waals surface area (Å²) >= 11 is 7.41. The number of hydrogen-bond donors (Lipinski definition) is 2. The third kappa shape index (κ3) is 4.32. The average Bonchev–Trinajstić information content (AvgIpc) is 3.44. The molecule has 9 heteroatoms. The number of aromatic amines is 1. The first-order valence-electron chi connectivity index (χ1n) is 10.1. The van der Waals surface area contributed by atoms with E-state index in [0.29, 0.717) is 23.1 Å². The topological polar surface area (TPSA) is 88.5 Å². The van der Waals surface area contributed by atoms with E-state index < -0.39 is 0 Å². The first-order valence-corrected chi connectivity index (χ1v) is 11.5. The van der Waals surface area contributed by atoms with E-state index in [0.717, 1.165) is 32.9 Å². The van der Waals surface area contributed by atoms with Crippen molar-refractivity contribution in [2.45, 2.75) is 11.6 Å². The maximum atomic E-state index is 12.4. The van der Waals surface area contributed by atoms with E-state index >= 15 is 0 Å². The van der Waals surface area contributed by atoms with Gasteiger partial charge >= 0.3 is 0 Å². The molecule has 32 heavy (non-hydrogen) atoms. The monoisotopic (exact) mass is 462 g/mol. The summed E-state index contributed by atoms with van der Waals surface area (Å²) in [5, 5.41) is 19.5. The van der Waals surface area contributed by atoms with Gasteiger partial charge in [-0.3, -0.25) is 4.79 Å². The predicted octanol–water partition coefficient (Wildman–Crippen LogP) is 4.40. The molecule has 0 spiro atoms. The molecule has 0 aliphatic heterocycles. The number of nitrogens with zero attached hydrogens (tertiary/aromatic N) is 4. The molecule has 0 aliphatic carbocycles. The molecule has 0 aliphatic rings. The number of rotatable bonds is 7. The molecule has 3 aromatic carbocycles. The molecule has 5 aromatic rings. The third-order valence-electron chi connectivity index (χ3n) is 5.20. The Morgan fingerprint density at radius 2 is 1.97 bits per heavy atom. The molecule has 5 rings (SSSR count). The minimum absolute atomic E-state index is 0.0686.